The van der Waals surface area contributed by atoms with Crippen molar-refractivity contribution in [1.29, 1.82) is 0 Å². The summed E-state index contributed by atoms with van der Waals surface area (Å²) < 4.78 is 13.5. The number of benzene rings is 1. The molecule has 0 amide bonds. The van der Waals surface area contributed by atoms with Crippen molar-refractivity contribution in [2.75, 3.05) is 14.1 Å². The zero-order chi connectivity index (χ0) is 28.4. The fourth-order valence-corrected chi connectivity index (χ4v) is 4.45. The van der Waals surface area contributed by atoms with Crippen molar-refractivity contribution in [3.63, 3.8) is 0 Å². The molecule has 1 aromatic carbocycles. The van der Waals surface area contributed by atoms with Crippen molar-refractivity contribution in [3.05, 3.63) is 124 Å². The van der Waals surface area contributed by atoms with Gasteiger partial charge in [0.25, 0.3) is 0 Å². The number of H-pyrrole nitrogens is 1. The Bertz CT molecular complexity index is 1480. The minimum atomic E-state index is -0.238. The van der Waals surface area contributed by atoms with Crippen molar-refractivity contribution in [3.8, 4) is 0 Å². The first-order valence-electron chi connectivity index (χ1n) is 13.4. The third-order valence-corrected chi connectivity index (χ3v) is 6.23. The fraction of sp³-hybridized carbons (Fsp3) is 0.273. The molecule has 2 heterocycles. The Labute approximate surface area is 231 Å². The smallest absolute Gasteiger partial charge is 0.123 e. The van der Waals surface area contributed by atoms with Gasteiger partial charge in [0.15, 0.2) is 0 Å². The molecule has 2 aromatic heterocycles. The molecule has 204 valence electrons. The molecule has 2 N–H and O–H groups in total. The van der Waals surface area contributed by atoms with Crippen molar-refractivity contribution in [2.45, 2.75) is 46.1 Å². The molecular weight excluding hydrogens is 485 g/mol. The van der Waals surface area contributed by atoms with Crippen LogP contribution in [0.5, 0.6) is 0 Å². The Kier molecular flexibility index (Phi) is 10.8. The summed E-state index contributed by atoms with van der Waals surface area (Å²) in [5.74, 6) is -0.0176. The van der Waals surface area contributed by atoms with Gasteiger partial charge in [-0.25, -0.2) is 4.39 Å². The molecule has 0 radical (unpaired) electrons. The second kappa shape index (κ2) is 14.2. The Morgan fingerprint density at radius 2 is 1.95 bits per heavy atom. The van der Waals surface area contributed by atoms with Crippen molar-refractivity contribution < 1.29 is 4.39 Å². The highest BCUT2D eigenvalue weighted by Gasteiger charge is 2.16. The molecule has 1 unspecified atom stereocenters. The number of hydrogen-bond donors (Lipinski definition) is 2. The molecule has 1 aliphatic rings. The zero-order valence-corrected chi connectivity index (χ0v) is 23.8. The number of allylic oxidation sites excluding steroid dienone is 4. The highest BCUT2D eigenvalue weighted by atomic mass is 19.1. The molecule has 1 aliphatic carbocycles. The summed E-state index contributed by atoms with van der Waals surface area (Å²) in [6.45, 7) is 15.2. The third kappa shape index (κ3) is 8.23. The molecule has 6 heteroatoms. The summed E-state index contributed by atoms with van der Waals surface area (Å²) in [6.07, 6.45) is 15.6. The summed E-state index contributed by atoms with van der Waals surface area (Å²) >= 11 is 0. The lowest BCUT2D eigenvalue weighted by Gasteiger charge is -2.16. The van der Waals surface area contributed by atoms with Gasteiger partial charge in [-0.3, -0.25) is 10.1 Å². The second-order valence-electron chi connectivity index (χ2n) is 9.62. The summed E-state index contributed by atoms with van der Waals surface area (Å²) in [5, 5.41) is 13.1. The predicted octanol–water partition coefficient (Wildman–Crippen LogP) is 5.60. The number of aromatic amines is 1. The second-order valence-corrected chi connectivity index (χ2v) is 9.62. The topological polar surface area (TPSA) is 56.8 Å². The number of fused-ring (bicyclic) bond motifs is 1. The molecule has 0 aliphatic heterocycles. The van der Waals surface area contributed by atoms with Gasteiger partial charge in [0, 0.05) is 35.8 Å². The van der Waals surface area contributed by atoms with Crippen LogP contribution in [0.3, 0.4) is 0 Å². The van der Waals surface area contributed by atoms with E-state index in [1.807, 2.05) is 57.5 Å². The SMILES string of the molecule is C=C(/C=C\C(=C/C)NC(=C)c1n[nH]c2c1=CC(c1cncc(CN(C)C)c1)CC=2)Cc1cccc(F)c1.CC. The van der Waals surface area contributed by atoms with E-state index < -0.39 is 0 Å². The molecule has 0 fully saturated rings. The number of aromatic nitrogens is 3. The minimum absolute atomic E-state index is 0.221. The van der Waals surface area contributed by atoms with Crippen molar-refractivity contribution in [1.82, 2.24) is 25.4 Å². The van der Waals surface area contributed by atoms with Crippen LogP contribution in [0.25, 0.3) is 17.8 Å². The lowest BCUT2D eigenvalue weighted by atomic mass is 9.92. The number of hydrogen-bond acceptors (Lipinski definition) is 4. The maximum absolute atomic E-state index is 13.5. The van der Waals surface area contributed by atoms with Gasteiger partial charge in [-0.05, 0) is 68.8 Å². The Hall–Kier alpha value is -4.03. The molecule has 0 spiro atoms. The minimum Gasteiger partial charge on any atom is -0.354 e. The van der Waals surface area contributed by atoms with E-state index in [1.165, 1.54) is 23.3 Å². The van der Waals surface area contributed by atoms with Gasteiger partial charge in [-0.1, -0.05) is 75.1 Å². The standard InChI is InChI=1S/C31H34FN5.C2H6/c1-6-28(12-10-21(2)14-23-8-7-9-27(32)16-23)34-22(3)31-29-17-25(11-13-30(29)35-36-31)26-15-24(18-33-19-26)20-37(4)5;1-2/h6-10,12-13,15-19,25,34-35H,2-3,11,14,20H2,1,4-5H3;1-2H3/b12-10-,28-6+;. The number of nitrogens with one attached hydrogen (secondary N) is 2. The molecule has 0 saturated heterocycles. The van der Waals surface area contributed by atoms with E-state index in [0.717, 1.165) is 46.1 Å². The van der Waals surface area contributed by atoms with Gasteiger partial charge in [-0.15, -0.1) is 0 Å². The van der Waals surface area contributed by atoms with Gasteiger partial charge in [0.2, 0.25) is 0 Å². The van der Waals surface area contributed by atoms with Crippen LogP contribution in [-0.2, 0) is 13.0 Å². The van der Waals surface area contributed by atoms with Gasteiger partial charge in [-0.2, -0.15) is 5.10 Å². The molecule has 0 bridgehead atoms. The average Bonchev–Trinajstić information content (AvgIpc) is 3.35. The van der Waals surface area contributed by atoms with E-state index in [-0.39, 0.29) is 11.7 Å². The largest absolute Gasteiger partial charge is 0.354 e. The molecule has 0 saturated carbocycles. The van der Waals surface area contributed by atoms with Crippen LogP contribution in [0, 0.1) is 5.82 Å². The number of nitrogens with zero attached hydrogens (tertiary/aromatic N) is 3. The van der Waals surface area contributed by atoms with Crippen LogP contribution < -0.4 is 15.9 Å². The van der Waals surface area contributed by atoms with Crippen LogP contribution in [0.15, 0.2) is 85.4 Å². The molecule has 39 heavy (non-hydrogen) atoms. The number of halogens is 1. The number of rotatable bonds is 10. The normalized spacial score (nSPS) is 14.6. The van der Waals surface area contributed by atoms with Crippen LogP contribution in [0.4, 0.5) is 4.39 Å². The highest BCUT2D eigenvalue weighted by molar-refractivity contribution is 5.64. The Morgan fingerprint density at radius 3 is 2.67 bits per heavy atom. The summed E-state index contributed by atoms with van der Waals surface area (Å²) in [5.41, 5.74) is 6.53. The zero-order valence-electron chi connectivity index (χ0n) is 23.8. The maximum atomic E-state index is 13.5. The average molecular weight is 526 g/mol. The van der Waals surface area contributed by atoms with E-state index >= 15 is 0 Å². The molecule has 3 aromatic rings. The highest BCUT2D eigenvalue weighted by Crippen LogP contribution is 2.24. The monoisotopic (exact) mass is 525 g/mol. The summed E-state index contributed by atoms with van der Waals surface area (Å²) in [7, 11) is 4.12. The first-order chi connectivity index (χ1) is 18.8. The summed E-state index contributed by atoms with van der Waals surface area (Å²) in [4.78, 5) is 6.62. The van der Waals surface area contributed by atoms with Crippen molar-refractivity contribution in [2.24, 2.45) is 0 Å². The quantitative estimate of drug-likeness (QED) is 0.339. The van der Waals surface area contributed by atoms with E-state index in [2.05, 4.69) is 70.9 Å². The van der Waals surface area contributed by atoms with Crippen LogP contribution in [-0.4, -0.2) is 34.2 Å². The van der Waals surface area contributed by atoms with E-state index in [0.29, 0.717) is 12.1 Å². The lowest BCUT2D eigenvalue weighted by Crippen LogP contribution is -2.30. The van der Waals surface area contributed by atoms with E-state index in [4.69, 9.17) is 0 Å². The van der Waals surface area contributed by atoms with Gasteiger partial charge in [0.05, 0.1) is 11.0 Å². The Balaban J connectivity index is 0.00000205. The van der Waals surface area contributed by atoms with E-state index in [9.17, 15) is 4.39 Å². The van der Waals surface area contributed by atoms with Crippen LogP contribution >= 0.6 is 0 Å². The number of pyridine rings is 1. The Morgan fingerprint density at radius 1 is 1.15 bits per heavy atom. The summed E-state index contributed by atoms with van der Waals surface area (Å²) in [6, 6.07) is 8.82. The molecular formula is C33H40FN5. The van der Waals surface area contributed by atoms with Crippen LogP contribution in [0.2, 0.25) is 0 Å². The lowest BCUT2D eigenvalue weighted by molar-refractivity contribution is 0.401. The molecule has 4 rings (SSSR count). The maximum Gasteiger partial charge on any atom is 0.123 e. The van der Waals surface area contributed by atoms with Gasteiger partial charge >= 0.3 is 0 Å². The van der Waals surface area contributed by atoms with Gasteiger partial charge < -0.3 is 10.2 Å². The predicted molar refractivity (Wildman–Crippen MR) is 161 cm³/mol. The van der Waals surface area contributed by atoms with Crippen LogP contribution in [0.1, 0.15) is 55.5 Å². The molecule has 5 nitrogen and oxygen atoms in total. The molecule has 1 atom stereocenters. The van der Waals surface area contributed by atoms with Crippen molar-refractivity contribution >= 4 is 17.8 Å². The fourth-order valence-electron chi connectivity index (χ4n) is 4.45. The van der Waals surface area contributed by atoms with E-state index in [1.54, 1.807) is 6.07 Å². The first-order valence-corrected chi connectivity index (χ1v) is 13.4. The first kappa shape index (κ1) is 29.5. The third-order valence-electron chi connectivity index (χ3n) is 6.23. The van der Waals surface area contributed by atoms with Gasteiger partial charge in [0.1, 0.15) is 11.5 Å².